The Kier molecular flexibility index (Phi) is 5.60. The fourth-order valence-corrected chi connectivity index (χ4v) is 4.59. The van der Waals surface area contributed by atoms with E-state index in [-0.39, 0.29) is 5.56 Å². The highest BCUT2D eigenvalue weighted by atomic mass is 32.1. The second-order valence-corrected chi connectivity index (χ2v) is 7.95. The largest absolute Gasteiger partial charge is 0.497 e. The highest BCUT2D eigenvalue weighted by molar-refractivity contribution is 7.07. The first-order valence-corrected chi connectivity index (χ1v) is 10.6. The van der Waals surface area contributed by atoms with E-state index >= 15 is 0 Å². The summed E-state index contributed by atoms with van der Waals surface area (Å²) in [5.74, 6) is 0.168. The van der Waals surface area contributed by atoms with Gasteiger partial charge in [-0.1, -0.05) is 23.5 Å². The summed E-state index contributed by atoms with van der Waals surface area (Å²) in [6.07, 6.45) is 3.61. The van der Waals surface area contributed by atoms with Crippen molar-refractivity contribution in [2.45, 2.75) is 26.4 Å². The lowest BCUT2D eigenvalue weighted by Crippen LogP contribution is -2.39. The molecule has 3 heterocycles. The van der Waals surface area contributed by atoms with E-state index in [0.717, 1.165) is 12.1 Å². The van der Waals surface area contributed by atoms with E-state index in [0.29, 0.717) is 32.0 Å². The van der Waals surface area contributed by atoms with E-state index in [4.69, 9.17) is 9.47 Å². The molecule has 1 aromatic carbocycles. The topological polar surface area (TPSA) is 87.7 Å². The predicted octanol–water partition coefficient (Wildman–Crippen LogP) is 1.63. The molecule has 1 aliphatic heterocycles. The number of benzene rings is 1. The lowest BCUT2D eigenvalue weighted by Gasteiger charge is -2.24. The molecule has 0 bridgehead atoms. The first-order valence-electron chi connectivity index (χ1n) is 9.75. The number of ether oxygens (including phenoxy) is 2. The third-order valence-corrected chi connectivity index (χ3v) is 6.11. The smallest absolute Gasteiger partial charge is 0.338 e. The van der Waals surface area contributed by atoms with Crippen molar-refractivity contribution in [2.75, 3.05) is 14.2 Å². The molecule has 1 aliphatic rings. The van der Waals surface area contributed by atoms with Gasteiger partial charge in [-0.05, 0) is 43.7 Å². The van der Waals surface area contributed by atoms with Crippen molar-refractivity contribution >= 4 is 23.4 Å². The third-order valence-electron chi connectivity index (χ3n) is 5.12. The minimum atomic E-state index is -0.648. The van der Waals surface area contributed by atoms with Crippen molar-refractivity contribution in [2.24, 2.45) is 4.99 Å². The number of methoxy groups -OCH3 is 2. The number of allylic oxidation sites excluding steroid dienone is 1. The molecule has 0 radical (unpaired) electrons. The van der Waals surface area contributed by atoms with Gasteiger partial charge < -0.3 is 9.47 Å². The van der Waals surface area contributed by atoms with Crippen LogP contribution in [0, 0.1) is 0 Å². The molecule has 9 heteroatoms. The van der Waals surface area contributed by atoms with Crippen LogP contribution in [0.4, 0.5) is 0 Å². The fourth-order valence-electron chi connectivity index (χ4n) is 3.56. The fraction of sp³-hybridized carbons (Fsp3) is 0.273. The normalized spacial score (nSPS) is 16.1. The third kappa shape index (κ3) is 3.72. The Morgan fingerprint density at radius 2 is 1.97 bits per heavy atom. The van der Waals surface area contributed by atoms with Gasteiger partial charge in [-0.25, -0.2) is 9.79 Å². The van der Waals surface area contributed by atoms with Crippen molar-refractivity contribution in [3.8, 4) is 5.75 Å². The molecule has 2 aromatic heterocycles. The summed E-state index contributed by atoms with van der Waals surface area (Å²) >= 11 is 1.27. The standard InChI is InChI=1S/C22H22N4O4S/c1-5-25-11-10-15(24-25)12-17-20(27)26-19(14-6-8-16(29-3)9-7-14)18(21(28)30-4)13(2)23-22(26)31-17/h6-12,19H,5H2,1-4H3/b17-12+/t19-/m0/s1. The first kappa shape index (κ1) is 20.8. The Morgan fingerprint density at radius 3 is 2.58 bits per heavy atom. The van der Waals surface area contributed by atoms with E-state index in [2.05, 4.69) is 10.1 Å². The summed E-state index contributed by atoms with van der Waals surface area (Å²) in [7, 11) is 2.91. The molecule has 1 atom stereocenters. The number of fused-ring (bicyclic) bond motifs is 1. The number of hydrogen-bond donors (Lipinski definition) is 0. The Hall–Kier alpha value is -3.46. The quantitative estimate of drug-likeness (QED) is 0.565. The summed E-state index contributed by atoms with van der Waals surface area (Å²) < 4.78 is 14.1. The maximum Gasteiger partial charge on any atom is 0.338 e. The van der Waals surface area contributed by atoms with Gasteiger partial charge in [-0.3, -0.25) is 14.0 Å². The van der Waals surface area contributed by atoms with Gasteiger partial charge in [-0.2, -0.15) is 5.10 Å². The Balaban J connectivity index is 1.93. The lowest BCUT2D eigenvalue weighted by molar-refractivity contribution is -0.136. The van der Waals surface area contributed by atoms with Crippen LogP contribution in [-0.2, 0) is 16.1 Å². The van der Waals surface area contributed by atoms with Crippen LogP contribution in [0.25, 0.3) is 6.08 Å². The second-order valence-electron chi connectivity index (χ2n) is 6.94. The van der Waals surface area contributed by atoms with Crippen LogP contribution in [0.3, 0.4) is 0 Å². The monoisotopic (exact) mass is 438 g/mol. The molecule has 0 saturated carbocycles. The van der Waals surface area contributed by atoms with Gasteiger partial charge in [0.05, 0.1) is 41.8 Å². The van der Waals surface area contributed by atoms with Crippen LogP contribution in [-0.4, -0.2) is 34.5 Å². The molecule has 0 amide bonds. The molecule has 8 nitrogen and oxygen atoms in total. The maximum atomic E-state index is 13.4. The van der Waals surface area contributed by atoms with Crippen LogP contribution in [0.5, 0.6) is 5.75 Å². The second kappa shape index (κ2) is 8.35. The molecule has 0 aliphatic carbocycles. The van der Waals surface area contributed by atoms with Gasteiger partial charge in [-0.15, -0.1) is 0 Å². The number of thiazole rings is 1. The van der Waals surface area contributed by atoms with E-state index in [9.17, 15) is 9.59 Å². The molecule has 0 spiro atoms. The Morgan fingerprint density at radius 1 is 1.23 bits per heavy atom. The highest BCUT2D eigenvalue weighted by Gasteiger charge is 2.33. The van der Waals surface area contributed by atoms with Gasteiger partial charge in [0.2, 0.25) is 0 Å². The SMILES string of the molecule is CCn1ccc(/C=c2/sc3n(c2=O)[C@@H](c2ccc(OC)cc2)C(C(=O)OC)=C(C)N=3)n1. The number of aromatic nitrogens is 3. The van der Waals surface area contributed by atoms with Gasteiger partial charge >= 0.3 is 5.97 Å². The summed E-state index contributed by atoms with van der Waals surface area (Å²) in [6.45, 7) is 4.49. The zero-order chi connectivity index (χ0) is 22.1. The van der Waals surface area contributed by atoms with Crippen molar-refractivity contribution in [3.05, 3.63) is 78.7 Å². The Labute approximate surface area is 182 Å². The average molecular weight is 439 g/mol. The molecular weight excluding hydrogens is 416 g/mol. The van der Waals surface area contributed by atoms with Crippen molar-refractivity contribution in [3.63, 3.8) is 0 Å². The van der Waals surface area contributed by atoms with E-state index in [1.165, 1.54) is 18.4 Å². The first-order chi connectivity index (χ1) is 15.0. The average Bonchev–Trinajstić information content (AvgIpc) is 3.36. The zero-order valence-corrected chi connectivity index (χ0v) is 18.5. The van der Waals surface area contributed by atoms with Crippen molar-refractivity contribution < 1.29 is 14.3 Å². The molecule has 3 aromatic rings. The van der Waals surface area contributed by atoms with Gasteiger partial charge in [0, 0.05) is 12.7 Å². The van der Waals surface area contributed by atoms with Crippen LogP contribution in [0.15, 0.2) is 57.6 Å². The molecular formula is C22H22N4O4S. The summed E-state index contributed by atoms with van der Waals surface area (Å²) in [6, 6.07) is 8.48. The van der Waals surface area contributed by atoms with E-state index in [1.807, 2.05) is 31.3 Å². The van der Waals surface area contributed by atoms with Crippen LogP contribution in [0.1, 0.15) is 31.1 Å². The van der Waals surface area contributed by atoms with Crippen LogP contribution >= 0.6 is 11.3 Å². The lowest BCUT2D eigenvalue weighted by atomic mass is 9.96. The number of rotatable bonds is 5. The number of nitrogens with zero attached hydrogens (tertiary/aromatic N) is 4. The zero-order valence-electron chi connectivity index (χ0n) is 17.7. The van der Waals surface area contributed by atoms with Crippen molar-refractivity contribution in [1.29, 1.82) is 0 Å². The van der Waals surface area contributed by atoms with Gasteiger partial charge in [0.1, 0.15) is 5.75 Å². The minimum Gasteiger partial charge on any atom is -0.497 e. The van der Waals surface area contributed by atoms with E-state index < -0.39 is 12.0 Å². The molecule has 0 unspecified atom stereocenters. The highest BCUT2D eigenvalue weighted by Crippen LogP contribution is 2.31. The molecule has 0 fully saturated rings. The number of carbonyl (C=O) groups excluding carboxylic acids is 1. The van der Waals surface area contributed by atoms with Gasteiger partial charge in [0.25, 0.3) is 5.56 Å². The molecule has 4 rings (SSSR count). The predicted molar refractivity (Wildman–Crippen MR) is 117 cm³/mol. The van der Waals surface area contributed by atoms with Crippen LogP contribution in [0.2, 0.25) is 0 Å². The van der Waals surface area contributed by atoms with Gasteiger partial charge in [0.15, 0.2) is 4.80 Å². The number of carbonyl (C=O) groups is 1. The van der Waals surface area contributed by atoms with Crippen LogP contribution < -0.4 is 19.6 Å². The number of aryl methyl sites for hydroxylation is 1. The summed E-state index contributed by atoms with van der Waals surface area (Å²) in [5, 5.41) is 4.43. The minimum absolute atomic E-state index is 0.232. The molecule has 0 N–H and O–H groups in total. The molecule has 160 valence electrons. The molecule has 0 saturated heterocycles. The van der Waals surface area contributed by atoms with Crippen molar-refractivity contribution in [1.82, 2.24) is 14.3 Å². The van der Waals surface area contributed by atoms with E-state index in [1.54, 1.807) is 41.5 Å². The summed E-state index contributed by atoms with van der Waals surface area (Å²) in [5.41, 5.74) is 2.08. The number of esters is 1. The summed E-state index contributed by atoms with van der Waals surface area (Å²) in [4.78, 5) is 31.1. The number of hydrogen-bond acceptors (Lipinski definition) is 7. The molecule has 31 heavy (non-hydrogen) atoms. The maximum absolute atomic E-state index is 13.4. The Bertz CT molecular complexity index is 1350.